The summed E-state index contributed by atoms with van der Waals surface area (Å²) in [4.78, 5) is 2.59. The molecule has 3 rings (SSSR count). The van der Waals surface area contributed by atoms with Gasteiger partial charge in [0.1, 0.15) is 0 Å². The monoisotopic (exact) mass is 235 g/mol. The molecule has 94 valence electrons. The molecule has 1 aliphatic carbocycles. The molecule has 1 N–H and O–H groups in total. The van der Waals surface area contributed by atoms with Crippen LogP contribution in [0.1, 0.15) is 31.4 Å². The Kier molecular flexibility index (Phi) is 3.43. The van der Waals surface area contributed by atoms with Gasteiger partial charge >= 0.3 is 0 Å². The van der Waals surface area contributed by atoms with Gasteiger partial charge in [-0.15, -0.1) is 0 Å². The van der Waals surface area contributed by atoms with Crippen molar-refractivity contribution in [3.63, 3.8) is 0 Å². The zero-order valence-electron chi connectivity index (χ0n) is 10.3. The van der Waals surface area contributed by atoms with Crippen molar-refractivity contribution in [2.24, 2.45) is 5.92 Å². The standard InChI is InChI=1S/C13H21N3O/c1-2-12(1)16(10-13-5-8-15-17-13)9-11-3-6-14-7-4-11/h5,8,11-12,14H,1-4,6-7,9-10H2. The molecule has 0 bridgehead atoms. The molecule has 1 aromatic heterocycles. The number of piperidine rings is 1. The van der Waals surface area contributed by atoms with Crippen molar-refractivity contribution in [3.8, 4) is 0 Å². The van der Waals surface area contributed by atoms with Crippen LogP contribution in [0, 0.1) is 5.92 Å². The maximum atomic E-state index is 5.23. The van der Waals surface area contributed by atoms with Crippen molar-refractivity contribution >= 4 is 0 Å². The zero-order chi connectivity index (χ0) is 11.5. The van der Waals surface area contributed by atoms with Gasteiger partial charge in [0.25, 0.3) is 0 Å². The Bertz CT molecular complexity index is 328. The Morgan fingerprint density at radius 2 is 2.12 bits per heavy atom. The topological polar surface area (TPSA) is 41.3 Å². The molecule has 1 saturated carbocycles. The number of aromatic nitrogens is 1. The first-order chi connectivity index (χ1) is 8.42. The van der Waals surface area contributed by atoms with E-state index in [0.29, 0.717) is 0 Å². The van der Waals surface area contributed by atoms with E-state index in [1.54, 1.807) is 6.20 Å². The number of hydrogen-bond acceptors (Lipinski definition) is 4. The van der Waals surface area contributed by atoms with Crippen LogP contribution in [0.25, 0.3) is 0 Å². The molecule has 1 saturated heterocycles. The van der Waals surface area contributed by atoms with Crippen LogP contribution < -0.4 is 5.32 Å². The smallest absolute Gasteiger partial charge is 0.150 e. The van der Waals surface area contributed by atoms with Crippen molar-refractivity contribution in [1.82, 2.24) is 15.4 Å². The molecule has 4 nitrogen and oxygen atoms in total. The van der Waals surface area contributed by atoms with E-state index >= 15 is 0 Å². The van der Waals surface area contributed by atoms with Gasteiger partial charge in [-0.05, 0) is 44.7 Å². The minimum absolute atomic E-state index is 0.801. The second-order valence-electron chi connectivity index (χ2n) is 5.33. The highest BCUT2D eigenvalue weighted by atomic mass is 16.5. The number of hydrogen-bond donors (Lipinski definition) is 1. The molecule has 0 atom stereocenters. The van der Waals surface area contributed by atoms with Crippen molar-refractivity contribution in [3.05, 3.63) is 18.0 Å². The largest absolute Gasteiger partial charge is 0.360 e. The second kappa shape index (κ2) is 5.19. The summed E-state index contributed by atoms with van der Waals surface area (Å²) in [6.45, 7) is 4.54. The molecule has 0 aromatic carbocycles. The quantitative estimate of drug-likeness (QED) is 0.842. The van der Waals surface area contributed by atoms with Gasteiger partial charge in [0, 0.05) is 18.7 Å². The van der Waals surface area contributed by atoms with Gasteiger partial charge in [-0.1, -0.05) is 5.16 Å². The first-order valence-electron chi connectivity index (χ1n) is 6.76. The van der Waals surface area contributed by atoms with Crippen LogP contribution in [0.4, 0.5) is 0 Å². The van der Waals surface area contributed by atoms with Crippen LogP contribution in [0.5, 0.6) is 0 Å². The lowest BCUT2D eigenvalue weighted by Gasteiger charge is -2.29. The fourth-order valence-corrected chi connectivity index (χ4v) is 2.70. The average molecular weight is 235 g/mol. The maximum Gasteiger partial charge on any atom is 0.150 e. The lowest BCUT2D eigenvalue weighted by Crippen LogP contribution is -2.36. The summed E-state index contributed by atoms with van der Waals surface area (Å²) >= 11 is 0. The maximum absolute atomic E-state index is 5.23. The summed E-state index contributed by atoms with van der Waals surface area (Å²) < 4.78 is 5.23. The summed E-state index contributed by atoms with van der Waals surface area (Å²) in [6, 6.07) is 2.78. The summed E-state index contributed by atoms with van der Waals surface area (Å²) in [5, 5.41) is 7.22. The highest BCUT2D eigenvalue weighted by Crippen LogP contribution is 2.30. The Morgan fingerprint density at radius 1 is 1.29 bits per heavy atom. The van der Waals surface area contributed by atoms with E-state index in [1.165, 1.54) is 45.3 Å². The summed E-state index contributed by atoms with van der Waals surface area (Å²) in [7, 11) is 0. The van der Waals surface area contributed by atoms with Gasteiger partial charge in [0.05, 0.1) is 12.7 Å². The molecule has 4 heteroatoms. The SMILES string of the molecule is c1cc(CN(CC2CCNCC2)C2CC2)on1. The van der Waals surface area contributed by atoms with Crippen LogP contribution in [0.15, 0.2) is 16.8 Å². The van der Waals surface area contributed by atoms with E-state index in [0.717, 1.165) is 24.3 Å². The van der Waals surface area contributed by atoms with Crippen molar-refractivity contribution in [2.75, 3.05) is 19.6 Å². The number of rotatable bonds is 5. The van der Waals surface area contributed by atoms with Gasteiger partial charge < -0.3 is 9.84 Å². The lowest BCUT2D eigenvalue weighted by molar-refractivity contribution is 0.173. The zero-order valence-corrected chi connectivity index (χ0v) is 10.3. The molecular formula is C13H21N3O. The molecule has 2 aliphatic rings. The van der Waals surface area contributed by atoms with Crippen molar-refractivity contribution in [2.45, 2.75) is 38.3 Å². The molecule has 2 fully saturated rings. The Labute approximate surface area is 102 Å². The fraction of sp³-hybridized carbons (Fsp3) is 0.769. The number of nitrogens with one attached hydrogen (secondary N) is 1. The third kappa shape index (κ3) is 3.07. The van der Waals surface area contributed by atoms with Crippen molar-refractivity contribution < 1.29 is 4.52 Å². The molecule has 0 spiro atoms. The first kappa shape index (κ1) is 11.2. The number of nitrogens with zero attached hydrogens (tertiary/aromatic N) is 2. The molecule has 0 unspecified atom stereocenters. The van der Waals surface area contributed by atoms with E-state index in [9.17, 15) is 0 Å². The Hall–Kier alpha value is -0.870. The van der Waals surface area contributed by atoms with Crippen molar-refractivity contribution in [1.29, 1.82) is 0 Å². The van der Waals surface area contributed by atoms with Gasteiger partial charge in [0.15, 0.2) is 5.76 Å². The summed E-state index contributed by atoms with van der Waals surface area (Å²) in [6.07, 6.45) is 7.10. The average Bonchev–Trinajstić information content (AvgIpc) is 3.09. The Balaban J connectivity index is 1.56. The minimum atomic E-state index is 0.801. The summed E-state index contributed by atoms with van der Waals surface area (Å²) in [5.41, 5.74) is 0. The lowest BCUT2D eigenvalue weighted by atomic mass is 9.97. The van der Waals surface area contributed by atoms with E-state index in [1.807, 2.05) is 6.07 Å². The van der Waals surface area contributed by atoms with Gasteiger partial charge in [0.2, 0.25) is 0 Å². The van der Waals surface area contributed by atoms with E-state index in [4.69, 9.17) is 4.52 Å². The van der Waals surface area contributed by atoms with Crippen LogP contribution in [0.3, 0.4) is 0 Å². The molecule has 1 aromatic rings. The predicted molar refractivity (Wildman–Crippen MR) is 65.5 cm³/mol. The van der Waals surface area contributed by atoms with Crippen LogP contribution in [-0.4, -0.2) is 35.7 Å². The van der Waals surface area contributed by atoms with Gasteiger partial charge in [-0.25, -0.2) is 0 Å². The van der Waals surface area contributed by atoms with Crippen LogP contribution in [0.2, 0.25) is 0 Å². The highest BCUT2D eigenvalue weighted by molar-refractivity contribution is 4.96. The van der Waals surface area contributed by atoms with Crippen LogP contribution >= 0.6 is 0 Å². The van der Waals surface area contributed by atoms with E-state index in [2.05, 4.69) is 15.4 Å². The molecule has 0 radical (unpaired) electrons. The highest BCUT2D eigenvalue weighted by Gasteiger charge is 2.31. The normalized spacial score (nSPS) is 22.2. The summed E-state index contributed by atoms with van der Waals surface area (Å²) in [5.74, 6) is 1.87. The van der Waals surface area contributed by atoms with Gasteiger partial charge in [-0.3, -0.25) is 4.90 Å². The van der Waals surface area contributed by atoms with Gasteiger partial charge in [-0.2, -0.15) is 0 Å². The second-order valence-corrected chi connectivity index (χ2v) is 5.33. The third-order valence-corrected chi connectivity index (χ3v) is 3.86. The fourth-order valence-electron chi connectivity index (χ4n) is 2.70. The molecular weight excluding hydrogens is 214 g/mol. The van der Waals surface area contributed by atoms with E-state index in [-0.39, 0.29) is 0 Å². The van der Waals surface area contributed by atoms with E-state index < -0.39 is 0 Å². The molecule has 17 heavy (non-hydrogen) atoms. The first-order valence-corrected chi connectivity index (χ1v) is 6.76. The molecule has 2 heterocycles. The minimum Gasteiger partial charge on any atom is -0.360 e. The molecule has 0 amide bonds. The van der Waals surface area contributed by atoms with Crippen LogP contribution in [-0.2, 0) is 6.54 Å². The molecule has 1 aliphatic heterocycles. The third-order valence-electron chi connectivity index (χ3n) is 3.86. The predicted octanol–water partition coefficient (Wildman–Crippen LogP) is 1.64. The Morgan fingerprint density at radius 3 is 2.76 bits per heavy atom.